The van der Waals surface area contributed by atoms with Gasteiger partial charge >= 0.3 is 0 Å². The molecule has 5 nitrogen and oxygen atoms in total. The predicted molar refractivity (Wildman–Crippen MR) is 95.9 cm³/mol. The Morgan fingerprint density at radius 1 is 1.32 bits per heavy atom. The molecule has 0 aliphatic carbocycles. The van der Waals surface area contributed by atoms with Gasteiger partial charge in [0, 0.05) is 31.0 Å². The van der Waals surface area contributed by atoms with Crippen LogP contribution >= 0.6 is 0 Å². The number of methoxy groups -OCH3 is 1. The van der Waals surface area contributed by atoms with Gasteiger partial charge in [-0.1, -0.05) is 37.3 Å². The third-order valence-corrected chi connectivity index (χ3v) is 5.76. The Labute approximate surface area is 149 Å². The normalized spacial score (nSPS) is 32.4. The van der Waals surface area contributed by atoms with Gasteiger partial charge in [-0.2, -0.15) is 0 Å². The summed E-state index contributed by atoms with van der Waals surface area (Å²) in [6.07, 6.45) is 3.12. The van der Waals surface area contributed by atoms with E-state index in [0.717, 1.165) is 19.5 Å². The van der Waals surface area contributed by atoms with Crippen molar-refractivity contribution in [3.05, 3.63) is 47.9 Å². The molecular formula is C20H27N2O3+. The molecule has 0 aromatic heterocycles. The molecule has 4 unspecified atom stereocenters. The van der Waals surface area contributed by atoms with E-state index in [4.69, 9.17) is 4.74 Å². The van der Waals surface area contributed by atoms with E-state index < -0.39 is 6.04 Å². The number of benzene rings is 1. The monoisotopic (exact) mass is 343 g/mol. The summed E-state index contributed by atoms with van der Waals surface area (Å²) < 4.78 is 5.79. The number of rotatable bonds is 5. The van der Waals surface area contributed by atoms with E-state index in [0.29, 0.717) is 27.8 Å². The molecule has 0 bridgehead atoms. The molecule has 1 saturated heterocycles. The summed E-state index contributed by atoms with van der Waals surface area (Å²) in [5.41, 5.74) is 0.658. The van der Waals surface area contributed by atoms with E-state index in [2.05, 4.69) is 19.3 Å². The summed E-state index contributed by atoms with van der Waals surface area (Å²) in [6, 6.07) is 9.10. The van der Waals surface area contributed by atoms with Gasteiger partial charge in [0.1, 0.15) is 6.20 Å². The minimum atomic E-state index is -0.409. The van der Waals surface area contributed by atoms with Crippen LogP contribution in [-0.4, -0.2) is 55.4 Å². The van der Waals surface area contributed by atoms with Crippen LogP contribution in [0, 0.1) is 5.92 Å². The summed E-state index contributed by atoms with van der Waals surface area (Å²) in [4.78, 5) is 25.6. The zero-order chi connectivity index (χ0) is 18.0. The molecule has 1 N–H and O–H groups in total. The van der Waals surface area contributed by atoms with Crippen LogP contribution in [0.3, 0.4) is 0 Å². The lowest BCUT2D eigenvalue weighted by Crippen LogP contribution is -2.61. The maximum Gasteiger partial charge on any atom is 0.260 e. The predicted octanol–water partition coefficient (Wildman–Crippen LogP) is 2.14. The van der Waals surface area contributed by atoms with Crippen molar-refractivity contribution in [2.75, 3.05) is 27.2 Å². The molecule has 2 aliphatic rings. The largest absolute Gasteiger partial charge is 0.489 e. The quantitative estimate of drug-likeness (QED) is 0.657. The van der Waals surface area contributed by atoms with Gasteiger partial charge in [-0.05, 0) is 0 Å². The van der Waals surface area contributed by atoms with Gasteiger partial charge in [-0.25, -0.2) is 0 Å². The van der Waals surface area contributed by atoms with E-state index in [1.54, 1.807) is 0 Å². The lowest BCUT2D eigenvalue weighted by Gasteiger charge is -2.44. The molecule has 0 radical (unpaired) electrons. The first kappa shape index (κ1) is 17.8. The molecule has 5 heteroatoms. The van der Waals surface area contributed by atoms with Gasteiger partial charge in [0.2, 0.25) is 5.76 Å². The van der Waals surface area contributed by atoms with Gasteiger partial charge in [0.15, 0.2) is 11.8 Å². The molecule has 0 saturated carbocycles. The third kappa shape index (κ3) is 3.26. The Kier molecular flexibility index (Phi) is 5.06. The molecule has 0 spiro atoms. The molecule has 4 atom stereocenters. The molecule has 1 fully saturated rings. The number of likely N-dealkylation sites (N-methyl/N-ethyl adjacent to an activating group) is 1. The summed E-state index contributed by atoms with van der Waals surface area (Å²) >= 11 is 0. The van der Waals surface area contributed by atoms with Crippen LogP contribution in [0.5, 0.6) is 0 Å². The number of nitrogens with one attached hydrogen (secondary N) is 1. The average molecular weight is 343 g/mol. The van der Waals surface area contributed by atoms with E-state index in [1.807, 2.05) is 36.5 Å². The molecule has 0 amide bonds. The number of Topliss-reactive ketones (excluding diaryl/α,β-unsaturated/α-hetero) is 2. The van der Waals surface area contributed by atoms with Crippen molar-refractivity contribution in [3.8, 4) is 0 Å². The summed E-state index contributed by atoms with van der Waals surface area (Å²) in [6.45, 7) is 4.08. The Hall–Kier alpha value is -1.98. The first-order valence-electron chi connectivity index (χ1n) is 8.93. The van der Waals surface area contributed by atoms with Crippen molar-refractivity contribution in [2.24, 2.45) is 5.92 Å². The first-order valence-corrected chi connectivity index (χ1v) is 8.93. The topological polar surface area (TPSA) is 55.4 Å². The highest BCUT2D eigenvalue weighted by Gasteiger charge is 2.53. The summed E-state index contributed by atoms with van der Waals surface area (Å²) in [5.74, 6) is 0.767. The molecule has 25 heavy (non-hydrogen) atoms. The standard InChI is InChI=1S/C20H27N2O3/c1-14-12-21-10-9-16(14)22(2)13-19(25-3)20(24)17(22)11-18(23)15-7-5-4-6-8-15/h4-8,13-14,16-17,21H,9-12H2,1-3H3/q+1. The number of carbonyl (C=O) groups is 2. The van der Waals surface area contributed by atoms with Crippen LogP contribution in [0.2, 0.25) is 0 Å². The summed E-state index contributed by atoms with van der Waals surface area (Å²) in [5, 5.41) is 3.41. The SMILES string of the molecule is COC1=C[N+](C)(C2CCNCC2C)C(CC(=O)c2ccccc2)C1=O. The van der Waals surface area contributed by atoms with E-state index in [9.17, 15) is 9.59 Å². The van der Waals surface area contributed by atoms with Crippen molar-refractivity contribution in [2.45, 2.75) is 31.8 Å². The summed E-state index contributed by atoms with van der Waals surface area (Å²) in [7, 11) is 3.60. The number of ketones is 2. The van der Waals surface area contributed by atoms with Crippen molar-refractivity contribution < 1.29 is 18.8 Å². The number of hydrogen-bond donors (Lipinski definition) is 1. The molecule has 2 heterocycles. The molecule has 134 valence electrons. The Bertz CT molecular complexity index is 685. The van der Waals surface area contributed by atoms with E-state index in [-0.39, 0.29) is 18.0 Å². The van der Waals surface area contributed by atoms with Crippen molar-refractivity contribution >= 4 is 11.6 Å². The number of nitrogens with zero attached hydrogens (tertiary/aromatic N) is 1. The highest BCUT2D eigenvalue weighted by atomic mass is 16.5. The third-order valence-electron chi connectivity index (χ3n) is 5.76. The highest BCUT2D eigenvalue weighted by molar-refractivity contribution is 6.04. The van der Waals surface area contributed by atoms with Crippen molar-refractivity contribution in [3.63, 3.8) is 0 Å². The van der Waals surface area contributed by atoms with Gasteiger partial charge in [-0.3, -0.25) is 14.1 Å². The Morgan fingerprint density at radius 2 is 2.04 bits per heavy atom. The number of quaternary nitrogens is 1. The van der Waals surface area contributed by atoms with Gasteiger partial charge < -0.3 is 10.1 Å². The van der Waals surface area contributed by atoms with Crippen molar-refractivity contribution in [1.29, 1.82) is 0 Å². The maximum absolute atomic E-state index is 12.9. The minimum Gasteiger partial charge on any atom is -0.489 e. The van der Waals surface area contributed by atoms with Crippen LogP contribution < -0.4 is 5.32 Å². The van der Waals surface area contributed by atoms with Gasteiger partial charge in [0.05, 0.1) is 26.6 Å². The average Bonchev–Trinajstić information content (AvgIpc) is 2.88. The van der Waals surface area contributed by atoms with E-state index in [1.165, 1.54) is 7.11 Å². The van der Waals surface area contributed by atoms with Crippen LogP contribution in [0.15, 0.2) is 42.3 Å². The first-order chi connectivity index (χ1) is 12.0. The second-order valence-electron chi connectivity index (χ2n) is 7.33. The van der Waals surface area contributed by atoms with Crippen molar-refractivity contribution in [1.82, 2.24) is 5.32 Å². The molecule has 2 aliphatic heterocycles. The Morgan fingerprint density at radius 3 is 2.68 bits per heavy atom. The Balaban J connectivity index is 1.89. The van der Waals surface area contributed by atoms with Crippen LogP contribution in [0.1, 0.15) is 30.1 Å². The molecule has 3 rings (SSSR count). The van der Waals surface area contributed by atoms with Crippen LogP contribution in [-0.2, 0) is 9.53 Å². The fourth-order valence-corrected chi connectivity index (χ4v) is 4.34. The highest BCUT2D eigenvalue weighted by Crippen LogP contribution is 2.36. The van der Waals surface area contributed by atoms with E-state index >= 15 is 0 Å². The lowest BCUT2D eigenvalue weighted by molar-refractivity contribution is -0.901. The second-order valence-corrected chi connectivity index (χ2v) is 7.33. The van der Waals surface area contributed by atoms with Gasteiger partial charge in [0.25, 0.3) is 5.78 Å². The second kappa shape index (κ2) is 7.10. The van der Waals surface area contributed by atoms with Gasteiger partial charge in [-0.15, -0.1) is 0 Å². The lowest BCUT2D eigenvalue weighted by atomic mass is 9.89. The maximum atomic E-state index is 12.9. The number of hydrogen-bond acceptors (Lipinski definition) is 4. The minimum absolute atomic E-state index is 0.00985. The number of ether oxygens (including phenoxy) is 1. The molecule has 1 aromatic rings. The zero-order valence-corrected chi connectivity index (χ0v) is 15.2. The van der Waals surface area contributed by atoms with Crippen LogP contribution in [0.4, 0.5) is 0 Å². The zero-order valence-electron chi connectivity index (χ0n) is 15.2. The van der Waals surface area contributed by atoms with Crippen LogP contribution in [0.25, 0.3) is 0 Å². The number of carbonyl (C=O) groups excluding carboxylic acids is 2. The molecular weight excluding hydrogens is 316 g/mol. The smallest absolute Gasteiger partial charge is 0.260 e. The fraction of sp³-hybridized carbons (Fsp3) is 0.500. The fourth-order valence-electron chi connectivity index (χ4n) is 4.34. The number of piperidine rings is 1. The molecule has 1 aromatic carbocycles.